The van der Waals surface area contributed by atoms with Crippen LogP contribution >= 0.6 is 0 Å². The first-order valence-corrected chi connectivity index (χ1v) is 7.66. The van der Waals surface area contributed by atoms with E-state index >= 15 is 0 Å². The zero-order valence-electron chi connectivity index (χ0n) is 12.3. The number of benzene rings is 1. The van der Waals surface area contributed by atoms with Crippen LogP contribution < -0.4 is 15.5 Å². The van der Waals surface area contributed by atoms with Crippen molar-refractivity contribution in [2.45, 2.75) is 38.1 Å². The van der Waals surface area contributed by atoms with Crippen molar-refractivity contribution >= 4 is 17.3 Å². The molecule has 0 atom stereocenters. The predicted octanol–water partition coefficient (Wildman–Crippen LogP) is 2.59. The molecular formula is C16H24N4. The third kappa shape index (κ3) is 2.60. The van der Waals surface area contributed by atoms with E-state index in [-0.39, 0.29) is 0 Å². The molecule has 0 unspecified atom stereocenters. The summed E-state index contributed by atoms with van der Waals surface area (Å²) in [6.45, 7) is 1.90. The van der Waals surface area contributed by atoms with Gasteiger partial charge in [-0.15, -0.1) is 0 Å². The fourth-order valence-electron chi connectivity index (χ4n) is 3.21. The monoisotopic (exact) mass is 272 g/mol. The second-order valence-electron chi connectivity index (χ2n) is 5.84. The Balaban J connectivity index is 1.83. The number of rotatable bonds is 1. The van der Waals surface area contributed by atoms with E-state index in [0.717, 1.165) is 13.1 Å². The molecule has 0 amide bonds. The van der Waals surface area contributed by atoms with Gasteiger partial charge in [0.1, 0.15) is 0 Å². The molecule has 108 valence electrons. The number of hydrogen-bond donors (Lipinski definition) is 1. The molecule has 1 saturated carbocycles. The lowest BCUT2D eigenvalue weighted by atomic mass is 9.96. The number of para-hydroxylation sites is 2. The Morgan fingerprint density at radius 1 is 1.10 bits per heavy atom. The molecule has 4 nitrogen and oxygen atoms in total. The average Bonchev–Trinajstić information content (AvgIpc) is 2.49. The van der Waals surface area contributed by atoms with E-state index in [4.69, 9.17) is 10.7 Å². The molecule has 2 aliphatic rings. The maximum atomic E-state index is 6.30. The minimum absolute atomic E-state index is 0.426. The maximum absolute atomic E-state index is 6.30. The van der Waals surface area contributed by atoms with Crippen molar-refractivity contribution < 1.29 is 0 Å². The molecule has 0 saturated heterocycles. The third-order valence-electron chi connectivity index (χ3n) is 4.41. The summed E-state index contributed by atoms with van der Waals surface area (Å²) >= 11 is 0. The number of likely N-dealkylation sites (N-methyl/N-ethyl adjacent to an activating group) is 1. The van der Waals surface area contributed by atoms with Crippen LogP contribution in [0.2, 0.25) is 0 Å². The van der Waals surface area contributed by atoms with Crippen LogP contribution in [-0.4, -0.2) is 32.1 Å². The van der Waals surface area contributed by atoms with E-state index in [0.29, 0.717) is 12.0 Å². The minimum atomic E-state index is 0.426. The molecule has 3 rings (SSSR count). The van der Waals surface area contributed by atoms with Gasteiger partial charge in [-0.05, 0) is 25.0 Å². The molecule has 2 N–H and O–H groups in total. The molecule has 4 heteroatoms. The topological polar surface area (TPSA) is 44.9 Å². The highest BCUT2D eigenvalue weighted by Gasteiger charge is 2.23. The van der Waals surface area contributed by atoms with Gasteiger partial charge >= 0.3 is 0 Å². The summed E-state index contributed by atoms with van der Waals surface area (Å²) in [5, 5.41) is 0. The van der Waals surface area contributed by atoms with Crippen LogP contribution in [0.1, 0.15) is 32.1 Å². The summed E-state index contributed by atoms with van der Waals surface area (Å²) in [5.74, 6) is 0.692. The molecule has 1 heterocycles. The Morgan fingerprint density at radius 3 is 2.55 bits per heavy atom. The zero-order valence-corrected chi connectivity index (χ0v) is 12.3. The molecule has 20 heavy (non-hydrogen) atoms. The van der Waals surface area contributed by atoms with Crippen molar-refractivity contribution in [1.82, 2.24) is 0 Å². The largest absolute Gasteiger partial charge is 0.371 e. The Hall–Kier alpha value is -1.71. The van der Waals surface area contributed by atoms with Crippen molar-refractivity contribution in [2.75, 3.05) is 29.9 Å². The van der Waals surface area contributed by atoms with Crippen molar-refractivity contribution in [3.05, 3.63) is 24.3 Å². The molecule has 1 aliphatic carbocycles. The van der Waals surface area contributed by atoms with Crippen LogP contribution in [-0.2, 0) is 0 Å². The second kappa shape index (κ2) is 5.73. The summed E-state index contributed by atoms with van der Waals surface area (Å²) in [6.07, 6.45) is 6.32. The first-order valence-electron chi connectivity index (χ1n) is 7.66. The van der Waals surface area contributed by atoms with Gasteiger partial charge in [0.25, 0.3) is 0 Å². The lowest BCUT2D eigenvalue weighted by Gasteiger charge is -2.36. The Bertz CT molecular complexity index is 491. The highest BCUT2D eigenvalue weighted by Crippen LogP contribution is 2.31. The minimum Gasteiger partial charge on any atom is -0.371 e. The molecule has 0 aromatic heterocycles. The van der Waals surface area contributed by atoms with Gasteiger partial charge in [-0.2, -0.15) is 0 Å². The lowest BCUT2D eigenvalue weighted by molar-refractivity contribution is 0.442. The molecule has 1 aliphatic heterocycles. The molecule has 1 aromatic carbocycles. The SMILES string of the molecule is CN1CCN(C(N)=NC2CCCCC2)c2ccccc21. The Kier molecular flexibility index (Phi) is 3.81. The van der Waals surface area contributed by atoms with Gasteiger partial charge in [0.05, 0.1) is 17.4 Å². The van der Waals surface area contributed by atoms with Crippen LogP contribution in [0.3, 0.4) is 0 Å². The normalized spacial score (nSPS) is 20.9. The number of aliphatic imine (C=N–C) groups is 1. The number of nitrogens with zero attached hydrogens (tertiary/aromatic N) is 3. The fourth-order valence-corrected chi connectivity index (χ4v) is 3.21. The summed E-state index contributed by atoms with van der Waals surface area (Å²) < 4.78 is 0. The van der Waals surface area contributed by atoms with Gasteiger partial charge in [0, 0.05) is 20.1 Å². The highest BCUT2D eigenvalue weighted by atomic mass is 15.3. The van der Waals surface area contributed by atoms with Crippen LogP contribution in [0, 0.1) is 0 Å². The molecule has 1 fully saturated rings. The van der Waals surface area contributed by atoms with Crippen molar-refractivity contribution in [3.8, 4) is 0 Å². The quantitative estimate of drug-likeness (QED) is 0.631. The standard InChI is InChI=1S/C16H24N4/c1-19-11-12-20(15-10-6-5-9-14(15)19)16(17)18-13-7-3-2-4-8-13/h5-6,9-10,13H,2-4,7-8,11-12H2,1H3,(H2,17,18). The first-order chi connectivity index (χ1) is 9.75. The zero-order chi connectivity index (χ0) is 13.9. The molecule has 0 bridgehead atoms. The Morgan fingerprint density at radius 2 is 1.80 bits per heavy atom. The van der Waals surface area contributed by atoms with Gasteiger partial charge in [-0.3, -0.25) is 0 Å². The smallest absolute Gasteiger partial charge is 0.196 e. The van der Waals surface area contributed by atoms with E-state index in [1.165, 1.54) is 43.5 Å². The lowest BCUT2D eigenvalue weighted by Crippen LogP contribution is -2.46. The van der Waals surface area contributed by atoms with Crippen LogP contribution in [0.25, 0.3) is 0 Å². The van der Waals surface area contributed by atoms with Gasteiger partial charge in [-0.25, -0.2) is 4.99 Å². The van der Waals surface area contributed by atoms with Gasteiger partial charge in [0.2, 0.25) is 0 Å². The maximum Gasteiger partial charge on any atom is 0.196 e. The first kappa shape index (κ1) is 13.3. The summed E-state index contributed by atoms with van der Waals surface area (Å²) in [6, 6.07) is 8.85. The van der Waals surface area contributed by atoms with Crippen molar-refractivity contribution in [3.63, 3.8) is 0 Å². The van der Waals surface area contributed by atoms with E-state index in [9.17, 15) is 0 Å². The second-order valence-corrected chi connectivity index (χ2v) is 5.84. The Labute approximate surface area is 121 Å². The predicted molar refractivity (Wildman–Crippen MR) is 85.6 cm³/mol. The van der Waals surface area contributed by atoms with E-state index in [1.54, 1.807) is 0 Å². The fraction of sp³-hybridized carbons (Fsp3) is 0.562. The number of nitrogens with two attached hydrogens (primary N) is 1. The van der Waals surface area contributed by atoms with Gasteiger partial charge in [0.15, 0.2) is 5.96 Å². The molecule has 1 aromatic rings. The number of anilines is 2. The number of fused-ring (bicyclic) bond motifs is 1. The third-order valence-corrected chi connectivity index (χ3v) is 4.41. The van der Waals surface area contributed by atoms with Crippen LogP contribution in [0.5, 0.6) is 0 Å². The molecular weight excluding hydrogens is 248 g/mol. The average molecular weight is 272 g/mol. The van der Waals surface area contributed by atoms with Crippen molar-refractivity contribution in [2.24, 2.45) is 10.7 Å². The van der Waals surface area contributed by atoms with E-state index < -0.39 is 0 Å². The van der Waals surface area contributed by atoms with Gasteiger partial charge < -0.3 is 15.5 Å². The van der Waals surface area contributed by atoms with Crippen LogP contribution in [0.4, 0.5) is 11.4 Å². The molecule has 0 radical (unpaired) electrons. The van der Waals surface area contributed by atoms with E-state index in [1.807, 2.05) is 0 Å². The number of hydrogen-bond acceptors (Lipinski definition) is 2. The highest BCUT2D eigenvalue weighted by molar-refractivity contribution is 5.99. The summed E-state index contributed by atoms with van der Waals surface area (Å²) in [5.41, 5.74) is 8.71. The number of guanidine groups is 1. The van der Waals surface area contributed by atoms with Gasteiger partial charge in [-0.1, -0.05) is 31.4 Å². The van der Waals surface area contributed by atoms with Crippen molar-refractivity contribution in [1.29, 1.82) is 0 Å². The summed E-state index contributed by atoms with van der Waals surface area (Å²) in [4.78, 5) is 9.23. The van der Waals surface area contributed by atoms with E-state index in [2.05, 4.69) is 41.1 Å². The van der Waals surface area contributed by atoms with Crippen LogP contribution in [0.15, 0.2) is 29.3 Å². The summed E-state index contributed by atoms with van der Waals surface area (Å²) in [7, 11) is 2.13. The molecule has 0 spiro atoms.